The number of aromatic nitrogens is 2. The van der Waals surface area contributed by atoms with Crippen LogP contribution >= 0.6 is 23.2 Å². The van der Waals surface area contributed by atoms with Crippen LogP contribution in [0.5, 0.6) is 0 Å². The van der Waals surface area contributed by atoms with Crippen molar-refractivity contribution in [1.82, 2.24) is 10.1 Å². The van der Waals surface area contributed by atoms with Crippen molar-refractivity contribution in [2.45, 2.75) is 25.6 Å². The molecular weight excluding hydrogens is 259 g/mol. The fraction of sp³-hybridized carbons (Fsp3) is 0.333. The summed E-state index contributed by atoms with van der Waals surface area (Å²) in [6.45, 7) is 3.90. The van der Waals surface area contributed by atoms with Gasteiger partial charge in [0, 0.05) is 10.6 Å². The van der Waals surface area contributed by atoms with Crippen molar-refractivity contribution in [2.75, 3.05) is 0 Å². The van der Waals surface area contributed by atoms with E-state index in [1.165, 1.54) is 0 Å². The third kappa shape index (κ3) is 2.61. The van der Waals surface area contributed by atoms with Gasteiger partial charge in [-0.1, -0.05) is 23.7 Å². The van der Waals surface area contributed by atoms with Crippen LogP contribution in [-0.2, 0) is 0 Å². The molecule has 3 nitrogen and oxygen atoms in total. The number of halogens is 2. The zero-order chi connectivity index (χ0) is 12.4. The number of alkyl halides is 1. The maximum Gasteiger partial charge on any atom is 0.257 e. The van der Waals surface area contributed by atoms with Gasteiger partial charge in [0.1, 0.15) is 0 Å². The van der Waals surface area contributed by atoms with Crippen LogP contribution < -0.4 is 0 Å². The molecule has 17 heavy (non-hydrogen) atoms. The lowest BCUT2D eigenvalue weighted by atomic mass is 10.1. The summed E-state index contributed by atoms with van der Waals surface area (Å²) in [6, 6.07) is 5.57. The van der Waals surface area contributed by atoms with Gasteiger partial charge in [-0.3, -0.25) is 0 Å². The molecule has 0 N–H and O–H groups in total. The molecule has 1 unspecified atom stereocenters. The molecule has 1 aromatic carbocycles. The second-order valence-electron chi connectivity index (χ2n) is 3.80. The van der Waals surface area contributed by atoms with Gasteiger partial charge < -0.3 is 4.52 Å². The number of hydrogen-bond acceptors (Lipinski definition) is 3. The number of rotatable bonds is 3. The minimum absolute atomic E-state index is 0.208. The van der Waals surface area contributed by atoms with Gasteiger partial charge >= 0.3 is 0 Å². The van der Waals surface area contributed by atoms with Crippen molar-refractivity contribution in [3.63, 3.8) is 0 Å². The van der Waals surface area contributed by atoms with E-state index in [0.717, 1.165) is 22.6 Å². The molecule has 5 heteroatoms. The van der Waals surface area contributed by atoms with Crippen molar-refractivity contribution in [3.8, 4) is 11.5 Å². The summed E-state index contributed by atoms with van der Waals surface area (Å²) in [6.07, 6.45) is 0.764. The Morgan fingerprint density at radius 2 is 2.18 bits per heavy atom. The summed E-state index contributed by atoms with van der Waals surface area (Å²) in [7, 11) is 0. The highest BCUT2D eigenvalue weighted by atomic mass is 35.5. The molecular formula is C12H12Cl2N2O. The highest BCUT2D eigenvalue weighted by Gasteiger charge is 2.15. The topological polar surface area (TPSA) is 38.9 Å². The molecule has 1 heterocycles. The minimum atomic E-state index is -0.208. The molecule has 0 bridgehead atoms. The maximum atomic E-state index is 6.04. The molecule has 0 radical (unpaired) electrons. The SMILES string of the molecule is CCC(Cl)c1noc(-c2ccc(Cl)c(C)c2)n1. The number of nitrogens with zero attached hydrogens (tertiary/aromatic N) is 2. The van der Waals surface area contributed by atoms with Gasteiger partial charge in [-0.25, -0.2) is 0 Å². The Morgan fingerprint density at radius 3 is 2.82 bits per heavy atom. The van der Waals surface area contributed by atoms with Gasteiger partial charge in [-0.05, 0) is 37.1 Å². The van der Waals surface area contributed by atoms with Crippen LogP contribution in [-0.4, -0.2) is 10.1 Å². The predicted octanol–water partition coefficient (Wildman–Crippen LogP) is 4.39. The van der Waals surface area contributed by atoms with Crippen LogP contribution in [0.1, 0.15) is 30.1 Å². The summed E-state index contributed by atoms with van der Waals surface area (Å²) in [4.78, 5) is 4.27. The van der Waals surface area contributed by atoms with Crippen LogP contribution in [0, 0.1) is 6.92 Å². The van der Waals surface area contributed by atoms with E-state index >= 15 is 0 Å². The van der Waals surface area contributed by atoms with E-state index in [1.807, 2.05) is 32.0 Å². The van der Waals surface area contributed by atoms with Crippen LogP contribution in [0.15, 0.2) is 22.7 Å². The Bertz CT molecular complexity index is 525. The van der Waals surface area contributed by atoms with Crippen molar-refractivity contribution in [2.24, 2.45) is 0 Å². The van der Waals surface area contributed by atoms with Crippen molar-refractivity contribution in [1.29, 1.82) is 0 Å². The van der Waals surface area contributed by atoms with E-state index in [4.69, 9.17) is 27.7 Å². The summed E-state index contributed by atoms with van der Waals surface area (Å²) in [5.41, 5.74) is 1.83. The first-order valence-electron chi connectivity index (χ1n) is 5.36. The molecule has 0 saturated heterocycles. The van der Waals surface area contributed by atoms with Crippen molar-refractivity contribution >= 4 is 23.2 Å². The molecule has 2 aromatic rings. The monoisotopic (exact) mass is 270 g/mol. The Balaban J connectivity index is 2.33. The van der Waals surface area contributed by atoms with Crippen LogP contribution in [0.4, 0.5) is 0 Å². The lowest BCUT2D eigenvalue weighted by Crippen LogP contribution is -1.90. The Labute approximate surface area is 110 Å². The average Bonchev–Trinajstić information content (AvgIpc) is 2.81. The van der Waals surface area contributed by atoms with Crippen molar-refractivity contribution < 1.29 is 4.52 Å². The normalized spacial score (nSPS) is 12.7. The summed E-state index contributed by atoms with van der Waals surface area (Å²) >= 11 is 12.0. The zero-order valence-electron chi connectivity index (χ0n) is 9.58. The third-order valence-electron chi connectivity index (χ3n) is 2.49. The molecule has 1 atom stereocenters. The summed E-state index contributed by atoms with van der Waals surface area (Å²) < 4.78 is 5.18. The van der Waals surface area contributed by atoms with E-state index in [1.54, 1.807) is 0 Å². The van der Waals surface area contributed by atoms with Gasteiger partial charge in [0.05, 0.1) is 5.38 Å². The van der Waals surface area contributed by atoms with E-state index in [9.17, 15) is 0 Å². The van der Waals surface area contributed by atoms with Crippen LogP contribution in [0.2, 0.25) is 5.02 Å². The first-order valence-corrected chi connectivity index (χ1v) is 6.17. The second-order valence-corrected chi connectivity index (χ2v) is 4.73. The Hall–Kier alpha value is -1.06. The highest BCUT2D eigenvalue weighted by molar-refractivity contribution is 6.31. The van der Waals surface area contributed by atoms with Gasteiger partial charge in [0.25, 0.3) is 5.89 Å². The smallest absolute Gasteiger partial charge is 0.257 e. The predicted molar refractivity (Wildman–Crippen MR) is 68.4 cm³/mol. The van der Waals surface area contributed by atoms with Gasteiger partial charge in [-0.15, -0.1) is 11.6 Å². The van der Waals surface area contributed by atoms with Gasteiger partial charge in [-0.2, -0.15) is 4.98 Å². The number of hydrogen-bond donors (Lipinski definition) is 0. The molecule has 0 aliphatic heterocycles. The largest absolute Gasteiger partial charge is 0.334 e. The summed E-state index contributed by atoms with van der Waals surface area (Å²) in [5.74, 6) is 0.996. The van der Waals surface area contributed by atoms with E-state index in [2.05, 4.69) is 10.1 Å². The standard InChI is InChI=1S/C12H12Cl2N2O/c1-3-9(13)11-15-12(17-16-11)8-4-5-10(14)7(2)6-8/h4-6,9H,3H2,1-2H3. The molecule has 0 amide bonds. The number of benzene rings is 1. The molecule has 90 valence electrons. The maximum absolute atomic E-state index is 6.04. The first-order chi connectivity index (χ1) is 8.11. The average molecular weight is 271 g/mol. The van der Waals surface area contributed by atoms with Crippen LogP contribution in [0.3, 0.4) is 0 Å². The molecule has 0 saturated carbocycles. The lowest BCUT2D eigenvalue weighted by Gasteiger charge is -1.99. The Kier molecular flexibility index (Phi) is 3.69. The molecule has 0 aliphatic rings. The van der Waals surface area contributed by atoms with E-state index in [-0.39, 0.29) is 5.38 Å². The first kappa shape index (κ1) is 12.4. The highest BCUT2D eigenvalue weighted by Crippen LogP contribution is 2.26. The fourth-order valence-electron chi connectivity index (χ4n) is 1.44. The van der Waals surface area contributed by atoms with Gasteiger partial charge in [0.2, 0.25) is 0 Å². The molecule has 1 aromatic heterocycles. The quantitative estimate of drug-likeness (QED) is 0.777. The zero-order valence-corrected chi connectivity index (χ0v) is 11.1. The number of aryl methyl sites for hydroxylation is 1. The third-order valence-corrected chi connectivity index (χ3v) is 3.41. The van der Waals surface area contributed by atoms with E-state index in [0.29, 0.717) is 11.7 Å². The molecule has 0 fully saturated rings. The summed E-state index contributed by atoms with van der Waals surface area (Å²) in [5, 5.41) is 4.38. The molecule has 0 aliphatic carbocycles. The van der Waals surface area contributed by atoms with Crippen LogP contribution in [0.25, 0.3) is 11.5 Å². The molecule has 0 spiro atoms. The fourth-order valence-corrected chi connectivity index (χ4v) is 1.65. The lowest BCUT2D eigenvalue weighted by molar-refractivity contribution is 0.421. The van der Waals surface area contributed by atoms with Crippen molar-refractivity contribution in [3.05, 3.63) is 34.6 Å². The van der Waals surface area contributed by atoms with Gasteiger partial charge in [0.15, 0.2) is 5.82 Å². The minimum Gasteiger partial charge on any atom is -0.334 e. The molecule has 2 rings (SSSR count). The second kappa shape index (κ2) is 5.07. The Morgan fingerprint density at radius 1 is 1.41 bits per heavy atom. The van der Waals surface area contributed by atoms with E-state index < -0.39 is 0 Å².